The highest BCUT2D eigenvalue weighted by atomic mass is 16.5. The molecule has 2 aliphatic carbocycles. The van der Waals surface area contributed by atoms with Crippen LogP contribution in [0.5, 0.6) is 5.75 Å². The van der Waals surface area contributed by atoms with E-state index < -0.39 is 0 Å². The molecule has 21 heavy (non-hydrogen) atoms. The van der Waals surface area contributed by atoms with E-state index >= 15 is 0 Å². The second kappa shape index (κ2) is 6.37. The molecule has 0 atom stereocenters. The van der Waals surface area contributed by atoms with Gasteiger partial charge in [0, 0.05) is 18.3 Å². The van der Waals surface area contributed by atoms with Gasteiger partial charge in [0.1, 0.15) is 5.75 Å². The fraction of sp³-hybridized carbons (Fsp3) is 0.588. The molecule has 0 aliphatic heterocycles. The summed E-state index contributed by atoms with van der Waals surface area (Å²) in [7, 11) is 0. The van der Waals surface area contributed by atoms with Crippen molar-refractivity contribution >= 4 is 11.6 Å². The summed E-state index contributed by atoms with van der Waals surface area (Å²) in [6.07, 6.45) is 5.83. The van der Waals surface area contributed by atoms with Crippen molar-refractivity contribution < 1.29 is 9.53 Å². The van der Waals surface area contributed by atoms with Crippen LogP contribution in [-0.2, 0) is 4.79 Å². The predicted octanol–water partition coefficient (Wildman–Crippen LogP) is 2.59. The van der Waals surface area contributed by atoms with E-state index in [2.05, 4.69) is 5.32 Å². The zero-order valence-electron chi connectivity index (χ0n) is 12.4. The van der Waals surface area contributed by atoms with Crippen molar-refractivity contribution in [3.05, 3.63) is 24.3 Å². The maximum Gasteiger partial charge on any atom is 0.223 e. The minimum atomic E-state index is 0.0882. The van der Waals surface area contributed by atoms with E-state index in [1.807, 2.05) is 18.2 Å². The fourth-order valence-electron chi connectivity index (χ4n) is 2.95. The summed E-state index contributed by atoms with van der Waals surface area (Å²) in [4.78, 5) is 11.9. The average molecular weight is 288 g/mol. The van der Waals surface area contributed by atoms with Crippen LogP contribution in [0, 0.1) is 17.8 Å². The largest absolute Gasteiger partial charge is 0.493 e. The van der Waals surface area contributed by atoms with Crippen molar-refractivity contribution in [2.24, 2.45) is 17.8 Å². The Hall–Kier alpha value is -1.71. The second-order valence-corrected chi connectivity index (χ2v) is 6.31. The second-order valence-electron chi connectivity index (χ2n) is 6.31. The van der Waals surface area contributed by atoms with E-state index in [1.54, 1.807) is 6.07 Å². The van der Waals surface area contributed by atoms with Gasteiger partial charge in [0.05, 0.1) is 13.0 Å². The van der Waals surface area contributed by atoms with E-state index in [1.165, 1.54) is 25.7 Å². The normalized spacial score (nSPS) is 17.8. The molecule has 0 heterocycles. The lowest BCUT2D eigenvalue weighted by Gasteiger charge is -2.16. The topological polar surface area (TPSA) is 64.3 Å². The average Bonchev–Trinajstić information content (AvgIpc) is 3.33. The molecule has 3 rings (SSSR count). The van der Waals surface area contributed by atoms with Crippen LogP contribution >= 0.6 is 0 Å². The van der Waals surface area contributed by atoms with E-state index in [0.29, 0.717) is 18.7 Å². The van der Waals surface area contributed by atoms with Crippen LogP contribution in [0.2, 0.25) is 0 Å². The third kappa shape index (κ3) is 4.38. The molecule has 0 unspecified atom stereocenters. The Balaban J connectivity index is 1.34. The zero-order chi connectivity index (χ0) is 14.7. The third-order valence-electron chi connectivity index (χ3n) is 4.45. The van der Waals surface area contributed by atoms with Crippen molar-refractivity contribution in [2.45, 2.75) is 32.1 Å². The minimum Gasteiger partial charge on any atom is -0.493 e. The molecular formula is C17H24N2O2. The smallest absolute Gasteiger partial charge is 0.223 e. The molecule has 1 aromatic carbocycles. The third-order valence-corrected chi connectivity index (χ3v) is 4.45. The van der Waals surface area contributed by atoms with Gasteiger partial charge < -0.3 is 15.8 Å². The van der Waals surface area contributed by atoms with Crippen LogP contribution in [-0.4, -0.2) is 19.1 Å². The van der Waals surface area contributed by atoms with Crippen LogP contribution < -0.4 is 15.8 Å². The number of hydrogen-bond acceptors (Lipinski definition) is 3. The molecule has 0 spiro atoms. The summed E-state index contributed by atoms with van der Waals surface area (Å²) in [6.45, 7) is 1.25. The van der Waals surface area contributed by atoms with E-state index in [4.69, 9.17) is 10.5 Å². The molecule has 114 valence electrons. The Labute approximate surface area is 126 Å². The van der Waals surface area contributed by atoms with Crippen molar-refractivity contribution in [1.82, 2.24) is 5.32 Å². The van der Waals surface area contributed by atoms with E-state index in [-0.39, 0.29) is 5.91 Å². The molecule has 0 radical (unpaired) electrons. The molecule has 0 saturated heterocycles. The van der Waals surface area contributed by atoms with Gasteiger partial charge in [-0.05, 0) is 55.6 Å². The summed E-state index contributed by atoms with van der Waals surface area (Å²) in [6, 6.07) is 7.29. The van der Waals surface area contributed by atoms with E-state index in [0.717, 1.165) is 30.0 Å². The Bertz CT molecular complexity index is 483. The molecular weight excluding hydrogens is 264 g/mol. The molecule has 3 N–H and O–H groups in total. The highest BCUT2D eigenvalue weighted by Gasteiger charge is 2.41. The van der Waals surface area contributed by atoms with Crippen molar-refractivity contribution in [2.75, 3.05) is 18.9 Å². The Morgan fingerprint density at radius 3 is 2.62 bits per heavy atom. The van der Waals surface area contributed by atoms with Gasteiger partial charge in [-0.15, -0.1) is 0 Å². The van der Waals surface area contributed by atoms with Gasteiger partial charge in [-0.25, -0.2) is 0 Å². The van der Waals surface area contributed by atoms with Crippen LogP contribution in [0.25, 0.3) is 0 Å². The molecule has 4 nitrogen and oxygen atoms in total. The molecule has 0 bridgehead atoms. The van der Waals surface area contributed by atoms with Crippen LogP contribution in [0.15, 0.2) is 24.3 Å². The number of amides is 1. The summed E-state index contributed by atoms with van der Waals surface area (Å²) in [5.41, 5.74) is 6.35. The Morgan fingerprint density at radius 2 is 2.00 bits per heavy atom. The van der Waals surface area contributed by atoms with Crippen LogP contribution in [0.4, 0.5) is 5.69 Å². The van der Waals surface area contributed by atoms with E-state index in [9.17, 15) is 4.79 Å². The van der Waals surface area contributed by atoms with Gasteiger partial charge in [0.2, 0.25) is 5.91 Å². The number of carbonyl (C=O) groups is 1. The number of carbonyl (C=O) groups excluding carboxylic acids is 1. The fourth-order valence-corrected chi connectivity index (χ4v) is 2.95. The number of rotatable bonds is 8. The number of nitrogens with one attached hydrogen (secondary N) is 1. The summed E-state index contributed by atoms with van der Waals surface area (Å²) < 4.78 is 5.54. The highest BCUT2D eigenvalue weighted by Crippen LogP contribution is 2.48. The maximum atomic E-state index is 11.9. The minimum absolute atomic E-state index is 0.0882. The van der Waals surface area contributed by atoms with Crippen molar-refractivity contribution in [3.63, 3.8) is 0 Å². The lowest BCUT2D eigenvalue weighted by atomic mass is 9.98. The van der Waals surface area contributed by atoms with Gasteiger partial charge in [0.25, 0.3) is 0 Å². The first-order chi connectivity index (χ1) is 10.2. The molecule has 1 aromatic rings. The number of ether oxygens (including phenoxy) is 1. The molecule has 1 amide bonds. The quantitative estimate of drug-likeness (QED) is 0.723. The number of benzene rings is 1. The summed E-state index contributed by atoms with van der Waals surface area (Å²) >= 11 is 0. The zero-order valence-corrected chi connectivity index (χ0v) is 12.4. The Kier molecular flexibility index (Phi) is 4.32. The molecule has 2 fully saturated rings. The summed E-state index contributed by atoms with van der Waals surface area (Å²) in [5.74, 6) is 3.29. The number of anilines is 1. The standard InChI is InChI=1S/C17H24N2O2/c18-14-2-1-3-15(10-14)21-9-8-17(20)19-11-16(12-4-5-12)13-6-7-13/h1-3,10,12-13,16H,4-9,11,18H2,(H,19,20). The number of nitrogen functional groups attached to an aromatic ring is 1. The Morgan fingerprint density at radius 1 is 1.29 bits per heavy atom. The predicted molar refractivity (Wildman–Crippen MR) is 82.9 cm³/mol. The molecule has 0 aromatic heterocycles. The van der Waals surface area contributed by atoms with Gasteiger partial charge in [-0.3, -0.25) is 4.79 Å². The van der Waals surface area contributed by atoms with Gasteiger partial charge in [-0.1, -0.05) is 6.07 Å². The number of nitrogens with two attached hydrogens (primary N) is 1. The van der Waals surface area contributed by atoms with Crippen LogP contribution in [0.3, 0.4) is 0 Å². The van der Waals surface area contributed by atoms with Crippen molar-refractivity contribution in [1.29, 1.82) is 0 Å². The van der Waals surface area contributed by atoms with Gasteiger partial charge in [-0.2, -0.15) is 0 Å². The molecule has 4 heteroatoms. The molecule has 2 aliphatic rings. The highest BCUT2D eigenvalue weighted by molar-refractivity contribution is 5.76. The first kappa shape index (κ1) is 14.2. The molecule has 2 saturated carbocycles. The van der Waals surface area contributed by atoms with Gasteiger partial charge in [0.15, 0.2) is 0 Å². The SMILES string of the molecule is Nc1cccc(OCCC(=O)NCC(C2CC2)C2CC2)c1. The number of hydrogen-bond donors (Lipinski definition) is 2. The van der Waals surface area contributed by atoms with Gasteiger partial charge >= 0.3 is 0 Å². The lowest BCUT2D eigenvalue weighted by molar-refractivity contribution is -0.121. The monoisotopic (exact) mass is 288 g/mol. The summed E-state index contributed by atoms with van der Waals surface area (Å²) in [5, 5.41) is 3.08. The first-order valence-electron chi connectivity index (χ1n) is 7.97. The van der Waals surface area contributed by atoms with Crippen molar-refractivity contribution in [3.8, 4) is 5.75 Å². The first-order valence-corrected chi connectivity index (χ1v) is 7.97. The lowest BCUT2D eigenvalue weighted by Crippen LogP contribution is -2.31. The van der Waals surface area contributed by atoms with Crippen LogP contribution in [0.1, 0.15) is 32.1 Å². The maximum absolute atomic E-state index is 11.9.